The third-order valence-corrected chi connectivity index (χ3v) is 2.69. The molecule has 1 aliphatic carbocycles. The van der Waals surface area contributed by atoms with Crippen molar-refractivity contribution in [2.24, 2.45) is 0 Å². The number of aliphatic hydroxyl groups excluding tert-OH is 1. The monoisotopic (exact) mass is 194 g/mol. The van der Waals surface area contributed by atoms with Crippen LogP contribution >= 0.6 is 0 Å². The maximum Gasteiger partial charge on any atom is 0.178 e. The highest BCUT2D eigenvalue weighted by Gasteiger charge is 2.33. The number of carbonyl (C=O) groups excluding carboxylic acids is 1. The minimum atomic E-state index is -0.856. The van der Waals surface area contributed by atoms with E-state index in [1.165, 1.54) is 0 Å². The molecule has 0 radical (unpaired) electrons. The fourth-order valence-corrected chi connectivity index (χ4v) is 2.06. The first-order chi connectivity index (χ1) is 6.74. The van der Waals surface area contributed by atoms with Crippen molar-refractivity contribution >= 4 is 5.78 Å². The maximum atomic E-state index is 11.6. The Labute approximate surface area is 83.1 Å². The first-order valence-corrected chi connectivity index (χ1v) is 4.99. The van der Waals surface area contributed by atoms with Crippen LogP contribution in [0, 0.1) is 0 Å². The van der Waals surface area contributed by atoms with Gasteiger partial charge >= 0.3 is 0 Å². The molecule has 1 aliphatic heterocycles. The van der Waals surface area contributed by atoms with E-state index in [9.17, 15) is 9.90 Å². The first-order valence-electron chi connectivity index (χ1n) is 4.99. The lowest BCUT2D eigenvalue weighted by atomic mass is 9.98. The van der Waals surface area contributed by atoms with Gasteiger partial charge in [0.05, 0.1) is 6.61 Å². The number of rotatable bonds is 1. The molecule has 0 saturated carbocycles. The zero-order chi connectivity index (χ0) is 10.1. The summed E-state index contributed by atoms with van der Waals surface area (Å²) in [5.41, 5.74) is 2.47. The van der Waals surface area contributed by atoms with E-state index in [0.717, 1.165) is 23.1 Å². The van der Waals surface area contributed by atoms with Crippen molar-refractivity contribution in [3.05, 3.63) is 22.8 Å². The van der Waals surface area contributed by atoms with E-state index in [4.69, 9.17) is 4.74 Å². The SMILES string of the molecule is CC/C=C1/COC(O)C2=C1C(=O)CC2. The lowest BCUT2D eigenvalue weighted by molar-refractivity contribution is -0.115. The van der Waals surface area contributed by atoms with Gasteiger partial charge in [0.15, 0.2) is 12.1 Å². The molecule has 3 nitrogen and oxygen atoms in total. The highest BCUT2D eigenvalue weighted by molar-refractivity contribution is 6.03. The van der Waals surface area contributed by atoms with Gasteiger partial charge in [-0.05, 0) is 24.0 Å². The Morgan fingerprint density at radius 3 is 3.07 bits per heavy atom. The van der Waals surface area contributed by atoms with E-state index >= 15 is 0 Å². The summed E-state index contributed by atoms with van der Waals surface area (Å²) in [5, 5.41) is 9.52. The van der Waals surface area contributed by atoms with Crippen LogP contribution in [0.2, 0.25) is 0 Å². The second kappa shape index (κ2) is 3.67. The molecular weight excluding hydrogens is 180 g/mol. The molecular formula is C11H14O3. The second-order valence-corrected chi connectivity index (χ2v) is 3.62. The van der Waals surface area contributed by atoms with Crippen molar-refractivity contribution in [2.75, 3.05) is 6.61 Å². The van der Waals surface area contributed by atoms with Crippen molar-refractivity contribution in [1.82, 2.24) is 0 Å². The van der Waals surface area contributed by atoms with Gasteiger partial charge in [-0.3, -0.25) is 4.79 Å². The van der Waals surface area contributed by atoms with Gasteiger partial charge in [-0.25, -0.2) is 0 Å². The second-order valence-electron chi connectivity index (χ2n) is 3.62. The van der Waals surface area contributed by atoms with Crippen LogP contribution < -0.4 is 0 Å². The molecule has 1 unspecified atom stereocenters. The number of hydrogen-bond donors (Lipinski definition) is 1. The van der Waals surface area contributed by atoms with Gasteiger partial charge in [-0.1, -0.05) is 13.0 Å². The summed E-state index contributed by atoms with van der Waals surface area (Å²) in [6.45, 7) is 2.39. The Balaban J connectivity index is 2.41. The van der Waals surface area contributed by atoms with Crippen molar-refractivity contribution < 1.29 is 14.6 Å². The molecule has 1 N–H and O–H groups in total. The Bertz CT molecular complexity index is 325. The normalized spacial score (nSPS) is 30.0. The third-order valence-electron chi connectivity index (χ3n) is 2.69. The lowest BCUT2D eigenvalue weighted by Crippen LogP contribution is -2.23. The lowest BCUT2D eigenvalue weighted by Gasteiger charge is -2.22. The highest BCUT2D eigenvalue weighted by atomic mass is 16.6. The van der Waals surface area contributed by atoms with Crippen LogP contribution in [0.15, 0.2) is 22.8 Å². The van der Waals surface area contributed by atoms with Gasteiger partial charge in [-0.15, -0.1) is 0 Å². The van der Waals surface area contributed by atoms with E-state index in [1.807, 2.05) is 13.0 Å². The molecule has 1 heterocycles. The zero-order valence-electron chi connectivity index (χ0n) is 8.25. The summed E-state index contributed by atoms with van der Waals surface area (Å²) in [7, 11) is 0. The topological polar surface area (TPSA) is 46.5 Å². The summed E-state index contributed by atoms with van der Waals surface area (Å²) in [6.07, 6.45) is 3.21. The molecule has 0 amide bonds. The summed E-state index contributed by atoms with van der Waals surface area (Å²) >= 11 is 0. The van der Waals surface area contributed by atoms with E-state index in [0.29, 0.717) is 19.4 Å². The summed E-state index contributed by atoms with van der Waals surface area (Å²) in [4.78, 5) is 11.6. The number of Topliss-reactive ketones (excluding diaryl/α,β-unsaturated/α-hetero) is 1. The van der Waals surface area contributed by atoms with E-state index in [-0.39, 0.29) is 5.78 Å². The van der Waals surface area contributed by atoms with Gasteiger partial charge < -0.3 is 9.84 Å². The number of hydrogen-bond acceptors (Lipinski definition) is 3. The van der Waals surface area contributed by atoms with Gasteiger partial charge in [0.2, 0.25) is 0 Å². The minimum Gasteiger partial charge on any atom is -0.364 e. The molecule has 0 aromatic heterocycles. The number of ether oxygens (including phenoxy) is 1. The predicted molar refractivity (Wildman–Crippen MR) is 51.6 cm³/mol. The van der Waals surface area contributed by atoms with Crippen LogP contribution in [0.5, 0.6) is 0 Å². The molecule has 3 heteroatoms. The maximum absolute atomic E-state index is 11.6. The Morgan fingerprint density at radius 2 is 2.36 bits per heavy atom. The van der Waals surface area contributed by atoms with Crippen LogP contribution in [0.4, 0.5) is 0 Å². The van der Waals surface area contributed by atoms with Crippen LogP contribution in [0.3, 0.4) is 0 Å². The standard InChI is InChI=1S/C11H14O3/c1-2-3-7-6-14-11(13)8-4-5-9(12)10(7)8/h3,11,13H,2,4-6H2,1H3/b7-3-. The zero-order valence-corrected chi connectivity index (χ0v) is 8.25. The molecule has 2 rings (SSSR count). The van der Waals surface area contributed by atoms with Crippen LogP contribution in [-0.2, 0) is 9.53 Å². The molecule has 2 aliphatic rings. The fraction of sp³-hybridized carbons (Fsp3) is 0.545. The van der Waals surface area contributed by atoms with Crippen LogP contribution in [0.25, 0.3) is 0 Å². The summed E-state index contributed by atoms with van der Waals surface area (Å²) in [5.74, 6) is 0.155. The molecule has 0 saturated heterocycles. The van der Waals surface area contributed by atoms with E-state index in [1.54, 1.807) is 0 Å². The molecule has 76 valence electrons. The Hall–Kier alpha value is -0.930. The molecule has 0 aromatic rings. The number of aliphatic hydroxyl groups is 1. The van der Waals surface area contributed by atoms with Crippen molar-refractivity contribution in [3.63, 3.8) is 0 Å². The first kappa shape index (κ1) is 9.62. The number of carbonyl (C=O) groups is 1. The average Bonchev–Trinajstić information content (AvgIpc) is 2.55. The van der Waals surface area contributed by atoms with Gasteiger partial charge in [0.1, 0.15) is 0 Å². The molecule has 0 fully saturated rings. The van der Waals surface area contributed by atoms with E-state index in [2.05, 4.69) is 0 Å². The molecule has 0 aromatic carbocycles. The van der Waals surface area contributed by atoms with Crippen LogP contribution in [0.1, 0.15) is 26.2 Å². The molecule has 0 bridgehead atoms. The number of ketones is 1. The highest BCUT2D eigenvalue weighted by Crippen LogP contribution is 2.34. The fourth-order valence-electron chi connectivity index (χ4n) is 2.06. The van der Waals surface area contributed by atoms with Crippen molar-refractivity contribution in [1.29, 1.82) is 0 Å². The molecule has 0 spiro atoms. The quantitative estimate of drug-likeness (QED) is 0.685. The summed E-state index contributed by atoms with van der Waals surface area (Å²) < 4.78 is 5.18. The smallest absolute Gasteiger partial charge is 0.178 e. The van der Waals surface area contributed by atoms with Gasteiger partial charge in [-0.2, -0.15) is 0 Å². The van der Waals surface area contributed by atoms with Crippen LogP contribution in [-0.4, -0.2) is 23.8 Å². The Morgan fingerprint density at radius 1 is 1.57 bits per heavy atom. The molecule has 14 heavy (non-hydrogen) atoms. The summed E-state index contributed by atoms with van der Waals surface area (Å²) in [6, 6.07) is 0. The Kier molecular flexibility index (Phi) is 2.52. The van der Waals surface area contributed by atoms with E-state index < -0.39 is 6.29 Å². The average molecular weight is 194 g/mol. The van der Waals surface area contributed by atoms with Gasteiger partial charge in [0.25, 0.3) is 0 Å². The van der Waals surface area contributed by atoms with Gasteiger partial charge in [0, 0.05) is 12.0 Å². The molecule has 1 atom stereocenters. The predicted octanol–water partition coefficient (Wildman–Crippen LogP) is 1.33. The largest absolute Gasteiger partial charge is 0.364 e. The minimum absolute atomic E-state index is 0.155. The van der Waals surface area contributed by atoms with Crippen molar-refractivity contribution in [3.8, 4) is 0 Å². The third kappa shape index (κ3) is 1.42. The van der Waals surface area contributed by atoms with Crippen molar-refractivity contribution in [2.45, 2.75) is 32.5 Å². The number of allylic oxidation sites excluding steroid dienone is 1.